The molecule has 0 atom stereocenters. The lowest BCUT2D eigenvalue weighted by Gasteiger charge is -2.12. The number of aromatic nitrogens is 2. The van der Waals surface area contributed by atoms with E-state index in [1.807, 2.05) is 6.92 Å². The van der Waals surface area contributed by atoms with E-state index in [9.17, 15) is 4.39 Å². The van der Waals surface area contributed by atoms with Gasteiger partial charge in [0.05, 0.1) is 14.3 Å². The largest absolute Gasteiger partial charge is 0.369 e. The molecule has 0 bridgehead atoms. The van der Waals surface area contributed by atoms with Crippen molar-refractivity contribution in [1.29, 1.82) is 0 Å². The molecule has 0 radical (unpaired) electrons. The average Bonchev–Trinajstić information content (AvgIpc) is 2.46. The summed E-state index contributed by atoms with van der Waals surface area (Å²) in [7, 11) is 0. The number of benzene rings is 1. The fourth-order valence-electron chi connectivity index (χ4n) is 1.94. The molecule has 0 unspecified atom stereocenters. The SMILES string of the molecule is CCCc1nc(-c2ccc(Cl)c(F)c2)nc(NCC)c1I. The van der Waals surface area contributed by atoms with Gasteiger partial charge in [-0.15, -0.1) is 0 Å². The third-order valence-electron chi connectivity index (χ3n) is 2.93. The van der Waals surface area contributed by atoms with Crippen LogP contribution in [0.4, 0.5) is 10.2 Å². The first-order chi connectivity index (χ1) is 10.1. The predicted molar refractivity (Wildman–Crippen MR) is 93.3 cm³/mol. The maximum absolute atomic E-state index is 13.6. The molecule has 0 aliphatic carbocycles. The molecule has 0 aliphatic rings. The number of anilines is 1. The monoisotopic (exact) mass is 419 g/mol. The molecule has 2 aromatic rings. The van der Waals surface area contributed by atoms with Crippen molar-refractivity contribution in [2.45, 2.75) is 26.7 Å². The first-order valence-electron chi connectivity index (χ1n) is 6.82. The summed E-state index contributed by atoms with van der Waals surface area (Å²) >= 11 is 7.98. The van der Waals surface area contributed by atoms with Gasteiger partial charge in [-0.3, -0.25) is 0 Å². The minimum absolute atomic E-state index is 0.102. The van der Waals surface area contributed by atoms with Crippen molar-refractivity contribution in [3.8, 4) is 11.4 Å². The molecule has 2 rings (SSSR count). The van der Waals surface area contributed by atoms with E-state index >= 15 is 0 Å². The van der Waals surface area contributed by atoms with Gasteiger partial charge >= 0.3 is 0 Å². The Morgan fingerprint density at radius 3 is 2.67 bits per heavy atom. The van der Waals surface area contributed by atoms with Gasteiger partial charge in [-0.25, -0.2) is 14.4 Å². The first-order valence-corrected chi connectivity index (χ1v) is 8.28. The summed E-state index contributed by atoms with van der Waals surface area (Å²) in [6.45, 7) is 4.89. The normalized spacial score (nSPS) is 10.7. The van der Waals surface area contributed by atoms with Gasteiger partial charge in [0, 0.05) is 12.1 Å². The van der Waals surface area contributed by atoms with Gasteiger partial charge in [-0.1, -0.05) is 24.9 Å². The number of hydrogen-bond acceptors (Lipinski definition) is 3. The zero-order valence-corrected chi connectivity index (χ0v) is 14.8. The van der Waals surface area contributed by atoms with E-state index in [-0.39, 0.29) is 5.02 Å². The summed E-state index contributed by atoms with van der Waals surface area (Å²) in [5.74, 6) is 0.852. The van der Waals surface area contributed by atoms with Crippen molar-refractivity contribution < 1.29 is 4.39 Å². The van der Waals surface area contributed by atoms with Gasteiger partial charge in [-0.2, -0.15) is 0 Å². The van der Waals surface area contributed by atoms with E-state index in [0.717, 1.165) is 34.5 Å². The number of halogens is 3. The molecule has 1 N–H and O–H groups in total. The zero-order chi connectivity index (χ0) is 15.4. The summed E-state index contributed by atoms with van der Waals surface area (Å²) in [4.78, 5) is 9.08. The lowest BCUT2D eigenvalue weighted by molar-refractivity contribution is 0.628. The van der Waals surface area contributed by atoms with Gasteiger partial charge in [0.15, 0.2) is 5.82 Å². The summed E-state index contributed by atoms with van der Waals surface area (Å²) in [5, 5.41) is 3.33. The second-order valence-electron chi connectivity index (χ2n) is 4.57. The van der Waals surface area contributed by atoms with Crippen LogP contribution in [-0.2, 0) is 6.42 Å². The van der Waals surface area contributed by atoms with Gasteiger partial charge in [0.25, 0.3) is 0 Å². The second kappa shape index (κ2) is 7.35. The van der Waals surface area contributed by atoms with Gasteiger partial charge in [0.1, 0.15) is 11.6 Å². The van der Waals surface area contributed by atoms with E-state index in [2.05, 4.69) is 44.8 Å². The van der Waals surface area contributed by atoms with Gasteiger partial charge in [-0.05, 0) is 54.1 Å². The van der Waals surface area contributed by atoms with E-state index in [1.54, 1.807) is 6.07 Å². The Hall–Kier alpha value is -0.950. The Morgan fingerprint density at radius 1 is 1.29 bits per heavy atom. The fourth-order valence-corrected chi connectivity index (χ4v) is 2.76. The van der Waals surface area contributed by atoms with Crippen LogP contribution in [0.25, 0.3) is 11.4 Å². The summed E-state index contributed by atoms with van der Waals surface area (Å²) in [6, 6.07) is 4.63. The van der Waals surface area contributed by atoms with Crippen LogP contribution in [0.5, 0.6) is 0 Å². The highest BCUT2D eigenvalue weighted by molar-refractivity contribution is 14.1. The molecule has 1 aromatic carbocycles. The highest BCUT2D eigenvalue weighted by atomic mass is 127. The minimum Gasteiger partial charge on any atom is -0.369 e. The van der Waals surface area contributed by atoms with E-state index < -0.39 is 5.82 Å². The molecular weight excluding hydrogens is 404 g/mol. The molecular formula is C15H16ClFIN3. The van der Waals surface area contributed by atoms with Crippen LogP contribution in [0.2, 0.25) is 5.02 Å². The van der Waals surface area contributed by atoms with Crippen LogP contribution in [-0.4, -0.2) is 16.5 Å². The summed E-state index contributed by atoms with van der Waals surface area (Å²) < 4.78 is 14.7. The lowest BCUT2D eigenvalue weighted by Crippen LogP contribution is -2.08. The Labute approximate surface area is 142 Å². The van der Waals surface area contributed by atoms with Crippen LogP contribution in [0.15, 0.2) is 18.2 Å². The first kappa shape index (κ1) is 16.4. The number of hydrogen-bond donors (Lipinski definition) is 1. The van der Waals surface area contributed by atoms with Crippen molar-refractivity contribution in [3.63, 3.8) is 0 Å². The number of nitrogens with zero attached hydrogens (tertiary/aromatic N) is 2. The van der Waals surface area contributed by atoms with Crippen LogP contribution < -0.4 is 5.32 Å². The highest BCUT2D eigenvalue weighted by Gasteiger charge is 2.13. The Bertz CT molecular complexity index is 622. The van der Waals surface area contributed by atoms with Gasteiger partial charge < -0.3 is 5.32 Å². The standard InChI is InChI=1S/C15H16ClFIN3/c1-3-5-12-13(18)15(19-4-2)21-14(20-12)9-6-7-10(16)11(17)8-9/h6-8H,3-5H2,1-2H3,(H,19,20,21). The van der Waals surface area contributed by atoms with E-state index in [0.29, 0.717) is 11.4 Å². The molecule has 0 aliphatic heterocycles. The van der Waals surface area contributed by atoms with Gasteiger partial charge in [0.2, 0.25) is 0 Å². The molecule has 3 nitrogen and oxygen atoms in total. The topological polar surface area (TPSA) is 37.8 Å². The number of nitrogens with one attached hydrogen (secondary N) is 1. The fraction of sp³-hybridized carbons (Fsp3) is 0.333. The molecule has 21 heavy (non-hydrogen) atoms. The third-order valence-corrected chi connectivity index (χ3v) is 4.37. The molecule has 1 aromatic heterocycles. The van der Waals surface area contributed by atoms with E-state index in [1.165, 1.54) is 12.1 Å². The molecule has 112 valence electrons. The summed E-state index contributed by atoms with van der Waals surface area (Å²) in [5.41, 5.74) is 1.61. The number of aryl methyl sites for hydroxylation is 1. The third kappa shape index (κ3) is 3.83. The highest BCUT2D eigenvalue weighted by Crippen LogP contribution is 2.27. The molecule has 0 amide bonds. The molecule has 6 heteroatoms. The Balaban J connectivity index is 2.53. The van der Waals surface area contributed by atoms with Crippen molar-refractivity contribution in [2.24, 2.45) is 0 Å². The van der Waals surface area contributed by atoms with Crippen molar-refractivity contribution in [2.75, 3.05) is 11.9 Å². The second-order valence-corrected chi connectivity index (χ2v) is 6.05. The van der Waals surface area contributed by atoms with Crippen molar-refractivity contribution in [3.05, 3.63) is 38.3 Å². The predicted octanol–water partition coefficient (Wildman–Crippen LogP) is 4.93. The Kier molecular flexibility index (Phi) is 5.75. The molecule has 1 heterocycles. The maximum Gasteiger partial charge on any atom is 0.161 e. The molecule has 0 saturated carbocycles. The smallest absolute Gasteiger partial charge is 0.161 e. The number of rotatable bonds is 5. The summed E-state index contributed by atoms with van der Waals surface area (Å²) in [6.07, 6.45) is 1.86. The van der Waals surface area contributed by atoms with E-state index in [4.69, 9.17) is 11.6 Å². The molecule has 0 fully saturated rings. The Morgan fingerprint density at radius 2 is 2.05 bits per heavy atom. The van der Waals surface area contributed by atoms with Crippen LogP contribution in [0, 0.1) is 9.39 Å². The van der Waals surface area contributed by atoms with Crippen molar-refractivity contribution in [1.82, 2.24) is 9.97 Å². The molecule has 0 spiro atoms. The van der Waals surface area contributed by atoms with Crippen molar-refractivity contribution >= 4 is 40.0 Å². The molecule has 0 saturated heterocycles. The lowest BCUT2D eigenvalue weighted by atomic mass is 10.2. The zero-order valence-electron chi connectivity index (χ0n) is 11.9. The minimum atomic E-state index is -0.460. The van der Waals surface area contributed by atoms with Crippen LogP contribution >= 0.6 is 34.2 Å². The quantitative estimate of drug-likeness (QED) is 0.699. The average molecular weight is 420 g/mol. The maximum atomic E-state index is 13.6. The van der Waals surface area contributed by atoms with Crippen LogP contribution in [0.1, 0.15) is 26.0 Å². The van der Waals surface area contributed by atoms with Crippen LogP contribution in [0.3, 0.4) is 0 Å².